The van der Waals surface area contributed by atoms with Crippen molar-refractivity contribution in [3.05, 3.63) is 46.0 Å². The minimum Gasteiger partial charge on any atom is -0.472 e. The van der Waals surface area contributed by atoms with Crippen LogP contribution in [0.1, 0.15) is 21.5 Å². The predicted octanol–water partition coefficient (Wildman–Crippen LogP) is 2.88. The van der Waals surface area contributed by atoms with Crippen LogP contribution in [0.15, 0.2) is 33.8 Å². The van der Waals surface area contributed by atoms with Gasteiger partial charge in [0.1, 0.15) is 6.26 Å². The summed E-state index contributed by atoms with van der Waals surface area (Å²) in [6.45, 7) is 1.93. The molecule has 0 N–H and O–H groups in total. The van der Waals surface area contributed by atoms with E-state index in [9.17, 15) is 4.79 Å². The predicted molar refractivity (Wildman–Crippen MR) is 51.2 cm³/mol. The minimum absolute atomic E-state index is 0.0347. The number of aryl methyl sites for hydroxylation is 1. The van der Waals surface area contributed by atoms with E-state index in [0.717, 1.165) is 11.1 Å². The van der Waals surface area contributed by atoms with Crippen LogP contribution in [0.25, 0.3) is 0 Å². The van der Waals surface area contributed by atoms with Crippen LogP contribution >= 0.6 is 11.3 Å². The number of thiophene rings is 1. The molecule has 2 nitrogen and oxygen atoms in total. The van der Waals surface area contributed by atoms with E-state index in [-0.39, 0.29) is 5.78 Å². The lowest BCUT2D eigenvalue weighted by Crippen LogP contribution is -1.98. The van der Waals surface area contributed by atoms with Crippen molar-refractivity contribution in [1.29, 1.82) is 0 Å². The summed E-state index contributed by atoms with van der Waals surface area (Å²) in [6.07, 6.45) is 2.98. The van der Waals surface area contributed by atoms with Gasteiger partial charge in [-0.15, -0.1) is 0 Å². The van der Waals surface area contributed by atoms with Gasteiger partial charge in [-0.2, -0.15) is 11.3 Å². The normalized spacial score (nSPS) is 10.2. The lowest BCUT2D eigenvalue weighted by Gasteiger charge is -1.94. The molecule has 0 aliphatic rings. The second kappa shape index (κ2) is 3.18. The molecule has 0 spiro atoms. The van der Waals surface area contributed by atoms with E-state index in [2.05, 4.69) is 0 Å². The van der Waals surface area contributed by atoms with Gasteiger partial charge in [-0.3, -0.25) is 4.79 Å². The van der Waals surface area contributed by atoms with Crippen molar-refractivity contribution in [2.24, 2.45) is 0 Å². The van der Waals surface area contributed by atoms with Crippen molar-refractivity contribution < 1.29 is 9.21 Å². The number of carbonyl (C=O) groups is 1. The molecule has 0 saturated carbocycles. The second-order valence-electron chi connectivity index (χ2n) is 2.81. The van der Waals surface area contributed by atoms with Crippen molar-refractivity contribution in [3.63, 3.8) is 0 Å². The van der Waals surface area contributed by atoms with Gasteiger partial charge in [-0.1, -0.05) is 0 Å². The van der Waals surface area contributed by atoms with Crippen molar-refractivity contribution in [2.45, 2.75) is 6.92 Å². The average molecular weight is 192 g/mol. The van der Waals surface area contributed by atoms with Crippen molar-refractivity contribution >= 4 is 17.1 Å². The zero-order valence-corrected chi connectivity index (χ0v) is 7.93. The smallest absolute Gasteiger partial charge is 0.197 e. The molecule has 0 amide bonds. The van der Waals surface area contributed by atoms with Gasteiger partial charge in [0.15, 0.2) is 5.78 Å². The van der Waals surface area contributed by atoms with E-state index in [1.54, 1.807) is 17.4 Å². The van der Waals surface area contributed by atoms with Crippen LogP contribution in [0.5, 0.6) is 0 Å². The number of rotatable bonds is 2. The third kappa shape index (κ3) is 1.42. The largest absolute Gasteiger partial charge is 0.472 e. The van der Waals surface area contributed by atoms with Gasteiger partial charge in [0.05, 0.1) is 11.8 Å². The van der Waals surface area contributed by atoms with E-state index >= 15 is 0 Å². The Balaban J connectivity index is 2.39. The van der Waals surface area contributed by atoms with Gasteiger partial charge in [0.2, 0.25) is 0 Å². The standard InChI is InChI=1S/C10H8O2S/c1-7-5-13-6-9(7)10(11)8-2-3-12-4-8/h2-6H,1H3. The Morgan fingerprint density at radius 2 is 2.31 bits per heavy atom. The van der Waals surface area contributed by atoms with Crippen LogP contribution in [0.3, 0.4) is 0 Å². The fourth-order valence-corrected chi connectivity index (χ4v) is 1.97. The molecule has 0 aliphatic heterocycles. The first-order valence-corrected chi connectivity index (χ1v) is 4.83. The fourth-order valence-electron chi connectivity index (χ4n) is 1.14. The summed E-state index contributed by atoms with van der Waals surface area (Å²) in [6, 6.07) is 1.68. The maximum absolute atomic E-state index is 11.7. The molecule has 0 bridgehead atoms. The maximum Gasteiger partial charge on any atom is 0.197 e. The summed E-state index contributed by atoms with van der Waals surface area (Å²) >= 11 is 1.54. The first-order chi connectivity index (χ1) is 6.29. The summed E-state index contributed by atoms with van der Waals surface area (Å²) in [5.41, 5.74) is 2.41. The van der Waals surface area contributed by atoms with Crippen LogP contribution in [0, 0.1) is 6.92 Å². The zero-order valence-electron chi connectivity index (χ0n) is 7.11. The molecule has 0 unspecified atom stereocenters. The molecule has 0 aliphatic carbocycles. The molecule has 13 heavy (non-hydrogen) atoms. The summed E-state index contributed by atoms with van der Waals surface area (Å²) in [5.74, 6) is 0.0347. The molecule has 2 rings (SSSR count). The Morgan fingerprint density at radius 3 is 2.85 bits per heavy atom. The zero-order chi connectivity index (χ0) is 9.26. The molecule has 66 valence electrons. The lowest BCUT2D eigenvalue weighted by molar-refractivity contribution is 0.103. The molecular weight excluding hydrogens is 184 g/mol. The summed E-state index contributed by atoms with van der Waals surface area (Å²) in [5, 5.41) is 3.83. The first-order valence-electron chi connectivity index (χ1n) is 3.88. The Morgan fingerprint density at radius 1 is 1.46 bits per heavy atom. The quantitative estimate of drug-likeness (QED) is 0.685. The molecular formula is C10H8O2S. The van der Waals surface area contributed by atoms with Gasteiger partial charge >= 0.3 is 0 Å². The third-order valence-corrected chi connectivity index (χ3v) is 2.74. The summed E-state index contributed by atoms with van der Waals surface area (Å²) in [7, 11) is 0. The van der Waals surface area contributed by atoms with Gasteiger partial charge in [-0.05, 0) is 23.9 Å². The van der Waals surface area contributed by atoms with E-state index in [0.29, 0.717) is 5.56 Å². The molecule has 0 fully saturated rings. The van der Waals surface area contributed by atoms with Crippen LogP contribution in [-0.4, -0.2) is 5.78 Å². The Kier molecular flexibility index (Phi) is 2.02. The Bertz CT molecular complexity index is 412. The van der Waals surface area contributed by atoms with E-state index in [1.165, 1.54) is 12.5 Å². The van der Waals surface area contributed by atoms with E-state index in [1.807, 2.05) is 17.7 Å². The minimum atomic E-state index is 0.0347. The SMILES string of the molecule is Cc1cscc1C(=O)c1ccoc1. The second-order valence-corrected chi connectivity index (χ2v) is 3.55. The molecule has 0 radical (unpaired) electrons. The highest BCUT2D eigenvalue weighted by Crippen LogP contribution is 2.18. The lowest BCUT2D eigenvalue weighted by atomic mass is 10.1. The molecule has 0 saturated heterocycles. The molecule has 0 atom stereocenters. The average Bonchev–Trinajstić information content (AvgIpc) is 2.72. The van der Waals surface area contributed by atoms with Gasteiger partial charge in [0, 0.05) is 10.9 Å². The molecule has 2 aromatic rings. The first kappa shape index (κ1) is 8.26. The van der Waals surface area contributed by atoms with Crippen molar-refractivity contribution in [1.82, 2.24) is 0 Å². The highest BCUT2D eigenvalue weighted by Gasteiger charge is 2.12. The van der Waals surface area contributed by atoms with E-state index < -0.39 is 0 Å². The highest BCUT2D eigenvalue weighted by molar-refractivity contribution is 7.08. The van der Waals surface area contributed by atoms with Crippen molar-refractivity contribution in [3.8, 4) is 0 Å². The molecule has 2 heterocycles. The monoisotopic (exact) mass is 192 g/mol. The van der Waals surface area contributed by atoms with Crippen molar-refractivity contribution in [2.75, 3.05) is 0 Å². The van der Waals surface area contributed by atoms with Gasteiger partial charge in [0.25, 0.3) is 0 Å². The molecule has 3 heteroatoms. The summed E-state index contributed by atoms with van der Waals surface area (Å²) < 4.78 is 4.86. The van der Waals surface area contributed by atoms with Gasteiger partial charge < -0.3 is 4.42 Å². The Labute approximate surface area is 79.8 Å². The van der Waals surface area contributed by atoms with E-state index in [4.69, 9.17) is 4.42 Å². The third-order valence-electron chi connectivity index (χ3n) is 1.88. The van der Waals surface area contributed by atoms with Crippen LogP contribution in [0.4, 0.5) is 0 Å². The summed E-state index contributed by atoms with van der Waals surface area (Å²) in [4.78, 5) is 11.7. The highest BCUT2D eigenvalue weighted by atomic mass is 32.1. The van der Waals surface area contributed by atoms with Crippen LogP contribution in [-0.2, 0) is 0 Å². The maximum atomic E-state index is 11.7. The topological polar surface area (TPSA) is 30.2 Å². The Hall–Kier alpha value is -1.35. The number of hydrogen-bond acceptors (Lipinski definition) is 3. The van der Waals surface area contributed by atoms with Crippen LogP contribution in [0.2, 0.25) is 0 Å². The fraction of sp³-hybridized carbons (Fsp3) is 0.100. The van der Waals surface area contributed by atoms with Crippen LogP contribution < -0.4 is 0 Å². The molecule has 2 aromatic heterocycles. The number of ketones is 1. The number of furan rings is 1. The van der Waals surface area contributed by atoms with Gasteiger partial charge in [-0.25, -0.2) is 0 Å². The molecule has 0 aromatic carbocycles. The number of hydrogen-bond donors (Lipinski definition) is 0. The number of carbonyl (C=O) groups excluding carboxylic acids is 1.